The Hall–Kier alpha value is -0.745. The van der Waals surface area contributed by atoms with Gasteiger partial charge in [0, 0.05) is 21.2 Å². The summed E-state index contributed by atoms with van der Waals surface area (Å²) < 4.78 is 0.859. The van der Waals surface area contributed by atoms with Gasteiger partial charge in [0.1, 0.15) is 0 Å². The summed E-state index contributed by atoms with van der Waals surface area (Å²) in [6, 6.07) is 3.36. The Morgan fingerprint density at radius 2 is 2.07 bits per heavy atom. The second kappa shape index (κ2) is 3.44. The van der Waals surface area contributed by atoms with Crippen LogP contribution >= 0.6 is 22.9 Å². The molecule has 72 valence electrons. The highest BCUT2D eigenvalue weighted by Crippen LogP contribution is 2.29. The van der Waals surface area contributed by atoms with E-state index in [0.717, 1.165) is 4.70 Å². The number of rotatable bonds is 1. The van der Waals surface area contributed by atoms with Crippen molar-refractivity contribution >= 4 is 51.3 Å². The predicted molar refractivity (Wildman–Crippen MR) is 61.1 cm³/mol. The summed E-state index contributed by atoms with van der Waals surface area (Å²) in [5, 5.41) is 20.9. The number of fused-ring (bicyclic) bond motifs is 1. The highest BCUT2D eigenvalue weighted by Gasteiger charge is 2.18. The van der Waals surface area contributed by atoms with E-state index in [-0.39, 0.29) is 0 Å². The second-order valence-electron chi connectivity index (χ2n) is 2.94. The number of anilines is 1. The minimum atomic E-state index is -1.50. The van der Waals surface area contributed by atoms with Crippen LogP contribution in [-0.4, -0.2) is 17.2 Å². The zero-order chi connectivity index (χ0) is 10.3. The fraction of sp³-hybridized carbons (Fsp3) is 0. The first-order valence-corrected chi connectivity index (χ1v) is 5.17. The zero-order valence-corrected chi connectivity index (χ0v) is 8.64. The molecule has 1 aromatic heterocycles. The molecular formula is C8H7BClNO2S. The van der Waals surface area contributed by atoms with Crippen LogP contribution in [0, 0.1) is 0 Å². The Balaban J connectivity index is 2.79. The molecule has 0 bridgehead atoms. The van der Waals surface area contributed by atoms with Crippen LogP contribution in [0.25, 0.3) is 10.1 Å². The van der Waals surface area contributed by atoms with E-state index in [1.165, 1.54) is 11.3 Å². The Morgan fingerprint density at radius 3 is 2.71 bits per heavy atom. The Morgan fingerprint density at radius 1 is 1.36 bits per heavy atom. The fourth-order valence-corrected chi connectivity index (χ4v) is 2.79. The van der Waals surface area contributed by atoms with Crippen LogP contribution in [0.2, 0.25) is 5.02 Å². The lowest BCUT2D eigenvalue weighted by molar-refractivity contribution is 0.426. The van der Waals surface area contributed by atoms with E-state index >= 15 is 0 Å². The molecule has 0 atom stereocenters. The fourth-order valence-electron chi connectivity index (χ4n) is 1.35. The van der Waals surface area contributed by atoms with Crippen molar-refractivity contribution in [3.63, 3.8) is 0 Å². The average Bonchev–Trinajstić information content (AvgIpc) is 2.47. The maximum Gasteiger partial charge on any atom is 0.489 e. The lowest BCUT2D eigenvalue weighted by atomic mass is 9.80. The Labute approximate surface area is 89.9 Å². The van der Waals surface area contributed by atoms with E-state index < -0.39 is 7.12 Å². The molecular weight excluding hydrogens is 220 g/mol. The molecule has 0 spiro atoms. The van der Waals surface area contributed by atoms with Crippen LogP contribution in [0.1, 0.15) is 0 Å². The molecule has 1 heterocycles. The first-order chi connectivity index (χ1) is 6.59. The number of benzene rings is 1. The summed E-state index contributed by atoms with van der Waals surface area (Å²) in [5.74, 6) is 0. The third-order valence-electron chi connectivity index (χ3n) is 1.96. The van der Waals surface area contributed by atoms with Crippen LogP contribution in [0.15, 0.2) is 17.5 Å². The summed E-state index contributed by atoms with van der Waals surface area (Å²) in [6.07, 6.45) is 0. The van der Waals surface area contributed by atoms with Crippen LogP contribution in [0.3, 0.4) is 0 Å². The van der Waals surface area contributed by atoms with Gasteiger partial charge in [-0.2, -0.15) is 0 Å². The number of nitrogens with two attached hydrogens (primary N) is 1. The summed E-state index contributed by atoms with van der Waals surface area (Å²) in [7, 11) is -1.50. The Bertz CT molecular complexity index is 485. The molecule has 0 amide bonds. The summed E-state index contributed by atoms with van der Waals surface area (Å²) in [5.41, 5.74) is 6.61. The molecule has 0 unspecified atom stereocenters. The molecule has 0 fully saturated rings. The van der Waals surface area contributed by atoms with Crippen molar-refractivity contribution in [1.82, 2.24) is 0 Å². The average molecular weight is 227 g/mol. The number of nitrogen functional groups attached to an aromatic ring is 1. The van der Waals surface area contributed by atoms with E-state index in [9.17, 15) is 0 Å². The third-order valence-corrected chi connectivity index (χ3v) is 3.20. The molecule has 0 saturated heterocycles. The van der Waals surface area contributed by atoms with Gasteiger partial charge in [-0.3, -0.25) is 0 Å². The summed E-state index contributed by atoms with van der Waals surface area (Å²) in [6.45, 7) is 0. The van der Waals surface area contributed by atoms with Gasteiger partial charge in [0.2, 0.25) is 0 Å². The van der Waals surface area contributed by atoms with E-state index in [2.05, 4.69) is 0 Å². The van der Waals surface area contributed by atoms with Crippen molar-refractivity contribution in [3.05, 3.63) is 22.5 Å². The molecule has 0 aliphatic carbocycles. The third kappa shape index (κ3) is 1.48. The molecule has 2 aromatic rings. The van der Waals surface area contributed by atoms with Gasteiger partial charge in [-0.25, -0.2) is 0 Å². The normalized spacial score (nSPS) is 10.8. The highest BCUT2D eigenvalue weighted by atomic mass is 35.5. The van der Waals surface area contributed by atoms with E-state index in [1.807, 2.05) is 0 Å². The van der Waals surface area contributed by atoms with Gasteiger partial charge in [-0.1, -0.05) is 11.6 Å². The number of thiophene rings is 1. The van der Waals surface area contributed by atoms with Gasteiger partial charge >= 0.3 is 7.12 Å². The van der Waals surface area contributed by atoms with Crippen molar-refractivity contribution in [2.75, 3.05) is 5.73 Å². The number of hydrogen-bond acceptors (Lipinski definition) is 4. The van der Waals surface area contributed by atoms with Gasteiger partial charge in [0.05, 0.1) is 5.02 Å². The summed E-state index contributed by atoms with van der Waals surface area (Å²) >= 11 is 7.34. The molecule has 0 aliphatic heterocycles. The summed E-state index contributed by atoms with van der Waals surface area (Å²) in [4.78, 5) is 0. The zero-order valence-electron chi connectivity index (χ0n) is 7.07. The minimum absolute atomic E-state index is 0.426. The molecule has 4 N–H and O–H groups in total. The molecule has 0 saturated carbocycles. The smallest absolute Gasteiger partial charge is 0.423 e. The van der Waals surface area contributed by atoms with E-state index in [0.29, 0.717) is 21.6 Å². The van der Waals surface area contributed by atoms with Crippen molar-refractivity contribution in [2.45, 2.75) is 0 Å². The van der Waals surface area contributed by atoms with Gasteiger partial charge in [0.25, 0.3) is 0 Å². The van der Waals surface area contributed by atoms with Gasteiger partial charge in [-0.15, -0.1) is 11.3 Å². The van der Waals surface area contributed by atoms with Crippen molar-refractivity contribution in [1.29, 1.82) is 0 Å². The van der Waals surface area contributed by atoms with Crippen LogP contribution < -0.4 is 11.2 Å². The molecule has 2 rings (SSSR count). The monoisotopic (exact) mass is 227 g/mol. The standard InChI is InChI=1S/C8H7BClNO2S/c10-6-1-4(11)2-7-8(6)5(3-14-7)9(12)13/h1-3,12-13H,11H2. The first kappa shape index (κ1) is 9.80. The predicted octanol–water partition coefficient (Wildman–Crippen LogP) is 0.817. The quantitative estimate of drug-likeness (QED) is 0.499. The molecule has 0 aliphatic rings. The maximum atomic E-state index is 9.08. The lowest BCUT2D eigenvalue weighted by Crippen LogP contribution is -2.28. The topological polar surface area (TPSA) is 66.5 Å². The van der Waals surface area contributed by atoms with Crippen molar-refractivity contribution < 1.29 is 10.0 Å². The molecule has 0 radical (unpaired) electrons. The minimum Gasteiger partial charge on any atom is -0.423 e. The van der Waals surface area contributed by atoms with E-state index in [1.54, 1.807) is 17.5 Å². The van der Waals surface area contributed by atoms with Crippen molar-refractivity contribution in [2.24, 2.45) is 0 Å². The first-order valence-electron chi connectivity index (χ1n) is 3.92. The van der Waals surface area contributed by atoms with Crippen LogP contribution in [0.4, 0.5) is 5.69 Å². The molecule has 6 heteroatoms. The van der Waals surface area contributed by atoms with E-state index in [4.69, 9.17) is 27.4 Å². The highest BCUT2D eigenvalue weighted by molar-refractivity contribution is 7.18. The number of hydrogen-bond donors (Lipinski definition) is 3. The lowest BCUT2D eigenvalue weighted by Gasteiger charge is -2.00. The van der Waals surface area contributed by atoms with Crippen LogP contribution in [0.5, 0.6) is 0 Å². The largest absolute Gasteiger partial charge is 0.489 e. The SMILES string of the molecule is Nc1cc(Cl)c2c(B(O)O)csc2c1. The van der Waals surface area contributed by atoms with Gasteiger partial charge < -0.3 is 15.8 Å². The maximum absolute atomic E-state index is 9.08. The van der Waals surface area contributed by atoms with Gasteiger partial charge in [-0.05, 0) is 17.5 Å². The van der Waals surface area contributed by atoms with Crippen molar-refractivity contribution in [3.8, 4) is 0 Å². The number of halogens is 1. The Kier molecular flexibility index (Phi) is 2.40. The van der Waals surface area contributed by atoms with Crippen LogP contribution in [-0.2, 0) is 0 Å². The second-order valence-corrected chi connectivity index (χ2v) is 4.26. The molecule has 1 aromatic carbocycles. The van der Waals surface area contributed by atoms with Gasteiger partial charge in [0.15, 0.2) is 0 Å². The molecule has 14 heavy (non-hydrogen) atoms. The molecule has 3 nitrogen and oxygen atoms in total.